The summed E-state index contributed by atoms with van der Waals surface area (Å²) in [5, 5.41) is 12.7. The van der Waals surface area contributed by atoms with Gasteiger partial charge in [-0.05, 0) is 31.5 Å². The molecule has 0 saturated carbocycles. The summed E-state index contributed by atoms with van der Waals surface area (Å²) in [6.07, 6.45) is 0.648. The molecule has 0 aliphatic heterocycles. The Bertz CT molecular complexity index is 521. The highest BCUT2D eigenvalue weighted by Crippen LogP contribution is 2.16. The van der Waals surface area contributed by atoms with Gasteiger partial charge in [-0.25, -0.2) is 4.79 Å². The van der Waals surface area contributed by atoms with Crippen LogP contribution < -0.4 is 5.32 Å². The van der Waals surface area contributed by atoms with E-state index in [1.54, 1.807) is 31.2 Å². The first kappa shape index (κ1) is 19.3. The SMILES string of the molecule is CCOC(=O)CCN(C(=O)Nc1cccc(Cl)c1)C(CC)CO. The molecule has 0 saturated heterocycles. The molecule has 128 valence electrons. The fraction of sp³-hybridized carbons (Fsp3) is 0.500. The molecule has 1 atom stereocenters. The molecule has 1 rings (SSSR count). The lowest BCUT2D eigenvalue weighted by Crippen LogP contribution is -2.45. The standard InChI is InChI=1S/C16H23ClN2O4/c1-3-14(11-20)19(9-8-15(21)23-4-2)16(22)18-13-7-5-6-12(17)10-13/h5-7,10,14,20H,3-4,8-9,11H2,1-2H3,(H,18,22). The first-order chi connectivity index (χ1) is 11.0. The van der Waals surface area contributed by atoms with Gasteiger partial charge in [0.05, 0.1) is 25.7 Å². The number of carbonyl (C=O) groups excluding carboxylic acids is 2. The van der Waals surface area contributed by atoms with Crippen molar-refractivity contribution in [3.05, 3.63) is 29.3 Å². The van der Waals surface area contributed by atoms with E-state index < -0.39 is 6.03 Å². The Balaban J connectivity index is 2.77. The predicted molar refractivity (Wildman–Crippen MR) is 89.6 cm³/mol. The molecule has 0 aliphatic rings. The van der Waals surface area contributed by atoms with E-state index in [0.717, 1.165) is 0 Å². The minimum Gasteiger partial charge on any atom is -0.466 e. The number of esters is 1. The number of ether oxygens (including phenoxy) is 1. The van der Waals surface area contributed by atoms with Gasteiger partial charge < -0.3 is 20.1 Å². The maximum absolute atomic E-state index is 12.5. The molecular formula is C16H23ClN2O4. The number of amides is 2. The maximum atomic E-state index is 12.5. The van der Waals surface area contributed by atoms with Crippen LogP contribution in [0.4, 0.5) is 10.5 Å². The van der Waals surface area contributed by atoms with Gasteiger partial charge in [-0.1, -0.05) is 24.6 Å². The third-order valence-electron chi connectivity index (χ3n) is 3.32. The summed E-state index contributed by atoms with van der Waals surface area (Å²) in [5.74, 6) is -0.374. The average Bonchev–Trinajstić information content (AvgIpc) is 2.51. The van der Waals surface area contributed by atoms with Crippen LogP contribution in [-0.2, 0) is 9.53 Å². The van der Waals surface area contributed by atoms with E-state index in [-0.39, 0.29) is 31.6 Å². The van der Waals surface area contributed by atoms with Gasteiger partial charge in [-0.15, -0.1) is 0 Å². The summed E-state index contributed by atoms with van der Waals surface area (Å²) in [6, 6.07) is 6.01. The van der Waals surface area contributed by atoms with Crippen molar-refractivity contribution in [2.75, 3.05) is 25.1 Å². The van der Waals surface area contributed by atoms with Crippen LogP contribution in [0.25, 0.3) is 0 Å². The van der Waals surface area contributed by atoms with Gasteiger partial charge >= 0.3 is 12.0 Å². The number of carbonyl (C=O) groups is 2. The van der Waals surface area contributed by atoms with E-state index >= 15 is 0 Å². The molecule has 0 spiro atoms. The largest absolute Gasteiger partial charge is 0.466 e. The lowest BCUT2D eigenvalue weighted by Gasteiger charge is -2.29. The van der Waals surface area contributed by atoms with Crippen molar-refractivity contribution in [1.82, 2.24) is 4.90 Å². The van der Waals surface area contributed by atoms with Gasteiger partial charge in [-0.2, -0.15) is 0 Å². The number of hydrogen-bond acceptors (Lipinski definition) is 4. The summed E-state index contributed by atoms with van der Waals surface area (Å²) >= 11 is 5.90. The van der Waals surface area contributed by atoms with E-state index in [1.807, 2.05) is 6.92 Å². The molecule has 0 heterocycles. The van der Waals surface area contributed by atoms with Gasteiger partial charge in [0.2, 0.25) is 0 Å². The molecule has 2 amide bonds. The van der Waals surface area contributed by atoms with Crippen LogP contribution in [0.15, 0.2) is 24.3 Å². The minimum atomic E-state index is -0.391. The quantitative estimate of drug-likeness (QED) is 0.712. The highest BCUT2D eigenvalue weighted by atomic mass is 35.5. The predicted octanol–water partition coefficient (Wildman–Crippen LogP) is 2.90. The van der Waals surface area contributed by atoms with Gasteiger partial charge in [0.25, 0.3) is 0 Å². The Morgan fingerprint density at radius 3 is 2.70 bits per heavy atom. The number of rotatable bonds is 8. The topological polar surface area (TPSA) is 78.9 Å². The molecule has 7 heteroatoms. The minimum absolute atomic E-state index is 0.0767. The number of halogens is 1. The number of benzene rings is 1. The van der Waals surface area contributed by atoms with Crippen molar-refractivity contribution in [2.45, 2.75) is 32.7 Å². The number of aliphatic hydroxyl groups excluding tert-OH is 1. The second kappa shape index (κ2) is 10.1. The molecule has 0 fully saturated rings. The molecule has 1 aromatic carbocycles. The maximum Gasteiger partial charge on any atom is 0.322 e. The Hall–Kier alpha value is -1.79. The monoisotopic (exact) mass is 342 g/mol. The second-order valence-electron chi connectivity index (χ2n) is 4.93. The number of hydrogen-bond donors (Lipinski definition) is 2. The van der Waals surface area contributed by atoms with E-state index in [2.05, 4.69) is 5.32 Å². The Kier molecular flexibility index (Phi) is 8.43. The van der Waals surface area contributed by atoms with Gasteiger partial charge in [0.1, 0.15) is 0 Å². The third kappa shape index (κ3) is 6.46. The zero-order valence-corrected chi connectivity index (χ0v) is 14.2. The first-order valence-corrected chi connectivity index (χ1v) is 7.99. The van der Waals surface area contributed by atoms with Crippen LogP contribution in [0.3, 0.4) is 0 Å². The molecule has 0 aliphatic carbocycles. The lowest BCUT2D eigenvalue weighted by molar-refractivity contribution is -0.143. The normalized spacial score (nSPS) is 11.7. The zero-order chi connectivity index (χ0) is 17.2. The molecule has 0 radical (unpaired) electrons. The van der Waals surface area contributed by atoms with E-state index in [1.165, 1.54) is 4.90 Å². The van der Waals surface area contributed by atoms with E-state index in [9.17, 15) is 14.7 Å². The molecule has 2 N–H and O–H groups in total. The summed E-state index contributed by atoms with van der Waals surface area (Å²) in [5.41, 5.74) is 0.552. The van der Waals surface area contributed by atoms with Crippen LogP contribution in [0, 0.1) is 0 Å². The number of anilines is 1. The summed E-state index contributed by atoms with van der Waals surface area (Å²) in [6.45, 7) is 3.88. The van der Waals surface area contributed by atoms with Crippen molar-refractivity contribution >= 4 is 29.3 Å². The molecule has 1 aromatic rings. The van der Waals surface area contributed by atoms with E-state index in [4.69, 9.17) is 16.3 Å². The molecule has 0 bridgehead atoms. The third-order valence-corrected chi connectivity index (χ3v) is 3.56. The first-order valence-electron chi connectivity index (χ1n) is 7.61. The van der Waals surface area contributed by atoms with Crippen molar-refractivity contribution in [1.29, 1.82) is 0 Å². The van der Waals surface area contributed by atoms with Crippen molar-refractivity contribution in [3.63, 3.8) is 0 Å². The molecule has 6 nitrogen and oxygen atoms in total. The fourth-order valence-corrected chi connectivity index (χ4v) is 2.29. The smallest absolute Gasteiger partial charge is 0.322 e. The number of nitrogens with zero attached hydrogens (tertiary/aromatic N) is 1. The van der Waals surface area contributed by atoms with Crippen LogP contribution in [-0.4, -0.2) is 47.8 Å². The van der Waals surface area contributed by atoms with Crippen LogP contribution in [0.2, 0.25) is 5.02 Å². The molecule has 23 heavy (non-hydrogen) atoms. The molecule has 0 aromatic heterocycles. The van der Waals surface area contributed by atoms with Gasteiger partial charge in [-0.3, -0.25) is 4.79 Å². The van der Waals surface area contributed by atoms with Gasteiger partial charge in [0, 0.05) is 17.3 Å². The Labute approximate surface area is 141 Å². The molecular weight excluding hydrogens is 320 g/mol. The Morgan fingerprint density at radius 2 is 2.13 bits per heavy atom. The average molecular weight is 343 g/mol. The van der Waals surface area contributed by atoms with Crippen molar-refractivity contribution in [3.8, 4) is 0 Å². The van der Waals surface area contributed by atoms with Gasteiger partial charge in [0.15, 0.2) is 0 Å². The fourth-order valence-electron chi connectivity index (χ4n) is 2.10. The van der Waals surface area contributed by atoms with Crippen molar-refractivity contribution < 1.29 is 19.4 Å². The lowest BCUT2D eigenvalue weighted by atomic mass is 10.2. The van der Waals surface area contributed by atoms with Crippen LogP contribution in [0.1, 0.15) is 26.7 Å². The van der Waals surface area contributed by atoms with Crippen molar-refractivity contribution in [2.24, 2.45) is 0 Å². The number of nitrogens with one attached hydrogen (secondary N) is 1. The van der Waals surface area contributed by atoms with E-state index in [0.29, 0.717) is 23.7 Å². The highest BCUT2D eigenvalue weighted by Gasteiger charge is 2.23. The summed E-state index contributed by atoms with van der Waals surface area (Å²) < 4.78 is 4.88. The zero-order valence-electron chi connectivity index (χ0n) is 13.4. The Morgan fingerprint density at radius 1 is 1.39 bits per heavy atom. The summed E-state index contributed by atoms with van der Waals surface area (Å²) in [7, 11) is 0. The molecule has 1 unspecified atom stereocenters. The number of urea groups is 1. The summed E-state index contributed by atoms with van der Waals surface area (Å²) in [4.78, 5) is 25.4. The van der Waals surface area contributed by atoms with Crippen LogP contribution in [0.5, 0.6) is 0 Å². The van der Waals surface area contributed by atoms with Crippen LogP contribution >= 0.6 is 11.6 Å². The number of aliphatic hydroxyl groups is 1. The highest BCUT2D eigenvalue weighted by molar-refractivity contribution is 6.30. The second-order valence-corrected chi connectivity index (χ2v) is 5.37.